The van der Waals surface area contributed by atoms with Crippen LogP contribution in [0, 0.1) is 17.0 Å². The average molecular weight is 364 g/mol. The van der Waals surface area contributed by atoms with Gasteiger partial charge in [-0.15, -0.1) is 0 Å². The Morgan fingerprint density at radius 1 is 1.19 bits per heavy atom. The number of nitro groups is 1. The summed E-state index contributed by atoms with van der Waals surface area (Å²) in [7, 11) is 0. The van der Waals surface area contributed by atoms with E-state index < -0.39 is 4.92 Å². The van der Waals surface area contributed by atoms with Gasteiger partial charge in [-0.1, -0.05) is 41.6 Å². The number of benzene rings is 2. The van der Waals surface area contributed by atoms with Gasteiger partial charge in [0.25, 0.3) is 11.6 Å². The molecule has 2 aromatic carbocycles. The fraction of sp³-hybridized carbons (Fsp3) is 0.211. The van der Waals surface area contributed by atoms with Crippen molar-refractivity contribution >= 4 is 11.6 Å². The molecular formula is C19H16N4O4. The molecular weight excluding hydrogens is 348 g/mol. The van der Waals surface area contributed by atoms with E-state index in [0.717, 1.165) is 5.56 Å². The van der Waals surface area contributed by atoms with Crippen molar-refractivity contribution in [3.05, 3.63) is 75.7 Å². The zero-order valence-corrected chi connectivity index (χ0v) is 14.5. The first-order valence-corrected chi connectivity index (χ1v) is 8.47. The Balaban J connectivity index is 1.46. The Labute approximate surface area is 154 Å². The topological polar surface area (TPSA) is 102 Å². The lowest BCUT2D eigenvalue weighted by Crippen LogP contribution is -2.48. The number of likely N-dealkylation sites (tertiary alicyclic amines) is 1. The van der Waals surface area contributed by atoms with E-state index in [9.17, 15) is 14.9 Å². The number of hydrogen-bond acceptors (Lipinski definition) is 6. The van der Waals surface area contributed by atoms with Crippen molar-refractivity contribution in [2.24, 2.45) is 0 Å². The first-order chi connectivity index (χ1) is 13.0. The van der Waals surface area contributed by atoms with Crippen LogP contribution in [-0.4, -0.2) is 39.0 Å². The van der Waals surface area contributed by atoms with Crippen LogP contribution in [0.15, 0.2) is 53.1 Å². The van der Waals surface area contributed by atoms with Crippen molar-refractivity contribution in [1.82, 2.24) is 15.0 Å². The monoisotopic (exact) mass is 364 g/mol. The highest BCUT2D eigenvalue weighted by Gasteiger charge is 2.37. The van der Waals surface area contributed by atoms with Crippen LogP contribution in [0.4, 0.5) is 5.69 Å². The number of rotatable bonds is 4. The van der Waals surface area contributed by atoms with E-state index in [2.05, 4.69) is 10.1 Å². The molecule has 8 heteroatoms. The van der Waals surface area contributed by atoms with Crippen molar-refractivity contribution in [3.63, 3.8) is 0 Å². The van der Waals surface area contributed by atoms with Gasteiger partial charge >= 0.3 is 0 Å². The molecule has 0 aliphatic carbocycles. The van der Waals surface area contributed by atoms with Crippen LogP contribution in [0.2, 0.25) is 0 Å². The van der Waals surface area contributed by atoms with Crippen LogP contribution in [0.5, 0.6) is 0 Å². The van der Waals surface area contributed by atoms with Crippen molar-refractivity contribution in [3.8, 4) is 11.4 Å². The van der Waals surface area contributed by atoms with Crippen molar-refractivity contribution in [2.45, 2.75) is 12.8 Å². The zero-order valence-electron chi connectivity index (χ0n) is 14.5. The van der Waals surface area contributed by atoms with Crippen molar-refractivity contribution in [2.75, 3.05) is 13.1 Å². The normalized spacial score (nSPS) is 14.0. The molecule has 1 aliphatic rings. The van der Waals surface area contributed by atoms with Gasteiger partial charge in [0.15, 0.2) is 0 Å². The Kier molecular flexibility index (Phi) is 4.15. The number of nitrogens with zero attached hydrogens (tertiary/aromatic N) is 4. The molecule has 3 aromatic rings. The molecule has 4 rings (SSSR count). The molecule has 2 heterocycles. The summed E-state index contributed by atoms with van der Waals surface area (Å²) in [5, 5.41) is 15.1. The van der Waals surface area contributed by atoms with Crippen molar-refractivity contribution in [1.29, 1.82) is 0 Å². The molecule has 0 N–H and O–H groups in total. The van der Waals surface area contributed by atoms with E-state index in [1.165, 1.54) is 12.1 Å². The maximum Gasteiger partial charge on any atom is 0.273 e. The van der Waals surface area contributed by atoms with Gasteiger partial charge in [-0.05, 0) is 13.0 Å². The first-order valence-electron chi connectivity index (χ1n) is 8.47. The minimum atomic E-state index is -0.478. The van der Waals surface area contributed by atoms with Gasteiger partial charge in [0.2, 0.25) is 11.7 Å². The molecule has 0 spiro atoms. The summed E-state index contributed by atoms with van der Waals surface area (Å²) in [6.45, 7) is 2.47. The number of nitro benzene ring substituents is 1. The molecule has 1 saturated heterocycles. The number of aromatic nitrogens is 2. The van der Waals surface area contributed by atoms with Crippen LogP contribution >= 0.6 is 0 Å². The summed E-state index contributed by atoms with van der Waals surface area (Å²) in [6, 6.07) is 14.0. The highest BCUT2D eigenvalue weighted by atomic mass is 16.6. The summed E-state index contributed by atoms with van der Waals surface area (Å²) in [4.78, 5) is 29.3. The minimum absolute atomic E-state index is 0.0297. The summed E-state index contributed by atoms with van der Waals surface area (Å²) in [5.41, 5.74) is 1.53. The molecule has 136 valence electrons. The second kappa shape index (κ2) is 6.64. The minimum Gasteiger partial charge on any atom is -0.339 e. The smallest absolute Gasteiger partial charge is 0.273 e. The lowest BCUT2D eigenvalue weighted by atomic mass is 9.97. The maximum absolute atomic E-state index is 12.7. The van der Waals surface area contributed by atoms with E-state index in [1.54, 1.807) is 17.9 Å². The third kappa shape index (κ3) is 3.05. The molecule has 27 heavy (non-hydrogen) atoms. The zero-order chi connectivity index (χ0) is 19.0. The number of carbonyl (C=O) groups is 1. The maximum atomic E-state index is 12.7. The molecule has 0 unspecified atom stereocenters. The lowest BCUT2D eigenvalue weighted by molar-refractivity contribution is -0.385. The second-order valence-electron chi connectivity index (χ2n) is 6.44. The molecule has 1 amide bonds. The molecule has 1 aromatic heterocycles. The molecule has 0 radical (unpaired) electrons. The largest absolute Gasteiger partial charge is 0.339 e. The van der Waals surface area contributed by atoms with E-state index in [0.29, 0.717) is 35.9 Å². The molecule has 0 atom stereocenters. The van der Waals surface area contributed by atoms with Gasteiger partial charge in [-0.2, -0.15) is 4.98 Å². The SMILES string of the molecule is Cc1c(C(=O)N2CC(c3nc(-c4ccccc4)no3)C2)cccc1[N+](=O)[O-]. The Morgan fingerprint density at radius 2 is 1.93 bits per heavy atom. The van der Waals surface area contributed by atoms with E-state index >= 15 is 0 Å². The van der Waals surface area contributed by atoms with E-state index in [-0.39, 0.29) is 17.5 Å². The molecule has 1 fully saturated rings. The molecule has 8 nitrogen and oxygen atoms in total. The van der Waals surface area contributed by atoms with Crippen LogP contribution in [0.25, 0.3) is 11.4 Å². The van der Waals surface area contributed by atoms with Gasteiger partial charge < -0.3 is 9.42 Å². The standard InChI is InChI=1S/C19H16N4O4/c1-12-15(8-5-9-16(12)23(25)26)19(24)22-10-14(11-22)18-20-17(21-27-18)13-6-3-2-4-7-13/h2-9,14H,10-11H2,1H3. The van der Waals surface area contributed by atoms with Gasteiger partial charge in [-0.3, -0.25) is 14.9 Å². The van der Waals surface area contributed by atoms with Gasteiger partial charge in [0.05, 0.1) is 10.8 Å². The van der Waals surface area contributed by atoms with Gasteiger partial charge in [0.1, 0.15) is 0 Å². The highest BCUT2D eigenvalue weighted by Crippen LogP contribution is 2.30. The second-order valence-corrected chi connectivity index (χ2v) is 6.44. The van der Waals surface area contributed by atoms with Crippen LogP contribution in [0.1, 0.15) is 27.7 Å². The van der Waals surface area contributed by atoms with Crippen LogP contribution in [0.3, 0.4) is 0 Å². The Morgan fingerprint density at radius 3 is 2.63 bits per heavy atom. The predicted molar refractivity (Wildman–Crippen MR) is 96.2 cm³/mol. The first kappa shape index (κ1) is 16.9. The number of carbonyl (C=O) groups excluding carboxylic acids is 1. The van der Waals surface area contributed by atoms with Gasteiger partial charge in [0, 0.05) is 35.8 Å². The van der Waals surface area contributed by atoms with Gasteiger partial charge in [-0.25, -0.2) is 0 Å². The third-order valence-electron chi connectivity index (χ3n) is 4.72. The summed E-state index contributed by atoms with van der Waals surface area (Å²) in [5.74, 6) is 0.756. The van der Waals surface area contributed by atoms with Crippen LogP contribution in [-0.2, 0) is 0 Å². The quantitative estimate of drug-likeness (QED) is 0.520. The van der Waals surface area contributed by atoms with E-state index in [1.807, 2.05) is 30.3 Å². The fourth-order valence-electron chi connectivity index (χ4n) is 3.13. The number of hydrogen-bond donors (Lipinski definition) is 0. The Hall–Kier alpha value is -3.55. The molecule has 0 saturated carbocycles. The fourth-order valence-corrected chi connectivity index (χ4v) is 3.13. The Bertz CT molecular complexity index is 1010. The summed E-state index contributed by atoms with van der Waals surface area (Å²) < 4.78 is 5.34. The van der Waals surface area contributed by atoms with E-state index in [4.69, 9.17) is 4.52 Å². The average Bonchev–Trinajstić information content (AvgIpc) is 3.10. The summed E-state index contributed by atoms with van der Waals surface area (Å²) in [6.07, 6.45) is 0. The van der Waals surface area contributed by atoms with Crippen molar-refractivity contribution < 1.29 is 14.2 Å². The number of amides is 1. The molecule has 1 aliphatic heterocycles. The summed E-state index contributed by atoms with van der Waals surface area (Å²) >= 11 is 0. The molecule has 0 bridgehead atoms. The lowest BCUT2D eigenvalue weighted by Gasteiger charge is -2.37. The third-order valence-corrected chi connectivity index (χ3v) is 4.72. The van der Waals surface area contributed by atoms with Crippen LogP contribution < -0.4 is 0 Å². The predicted octanol–water partition coefficient (Wildman–Crippen LogP) is 3.19. The highest BCUT2D eigenvalue weighted by molar-refractivity contribution is 5.97.